The molecule has 0 saturated heterocycles. The largest absolute Gasteiger partial charge is 0.378 e. The van der Waals surface area contributed by atoms with Gasteiger partial charge in [-0.1, -0.05) is 27.7 Å². The van der Waals surface area contributed by atoms with Crippen LogP contribution in [0.4, 0.5) is 0 Å². The van der Waals surface area contributed by atoms with Gasteiger partial charge in [0, 0.05) is 43.7 Å². The van der Waals surface area contributed by atoms with Crippen molar-refractivity contribution >= 4 is 17.7 Å². The Kier molecular flexibility index (Phi) is 8.63. The quantitative estimate of drug-likeness (QED) is 0.422. The molecule has 1 aliphatic rings. The summed E-state index contributed by atoms with van der Waals surface area (Å²) in [7, 11) is 0. The second kappa shape index (κ2) is 10.2. The summed E-state index contributed by atoms with van der Waals surface area (Å²) in [6, 6.07) is 0.426. The number of carbonyl (C=O) groups is 3. The van der Waals surface area contributed by atoms with E-state index in [-0.39, 0.29) is 36.6 Å². The Morgan fingerprint density at radius 1 is 1.17 bits per heavy atom. The number of hydrogen-bond acceptors (Lipinski definition) is 5. The van der Waals surface area contributed by atoms with Crippen molar-refractivity contribution in [2.24, 2.45) is 5.92 Å². The van der Waals surface area contributed by atoms with Gasteiger partial charge in [0.2, 0.25) is 5.91 Å². The minimum Gasteiger partial charge on any atom is -0.378 e. The highest BCUT2D eigenvalue weighted by molar-refractivity contribution is 6.16. The minimum atomic E-state index is -0.336. The summed E-state index contributed by atoms with van der Waals surface area (Å²) in [5, 5.41) is 5.95. The summed E-state index contributed by atoms with van der Waals surface area (Å²) in [5.74, 6) is -0.818. The molecule has 0 radical (unpaired) electrons. The van der Waals surface area contributed by atoms with Gasteiger partial charge in [-0.05, 0) is 5.92 Å². The van der Waals surface area contributed by atoms with E-state index >= 15 is 0 Å². The zero-order chi connectivity index (χ0) is 18.1. The average Bonchev–Trinajstić information content (AvgIpc) is 2.79. The van der Waals surface area contributed by atoms with E-state index in [2.05, 4.69) is 24.5 Å². The number of amides is 3. The number of carbonyl (C=O) groups excluding carboxylic acids is 3. The van der Waals surface area contributed by atoms with E-state index in [4.69, 9.17) is 4.74 Å². The molecular weight excluding hydrogens is 310 g/mol. The van der Waals surface area contributed by atoms with Crippen molar-refractivity contribution in [3.8, 4) is 0 Å². The summed E-state index contributed by atoms with van der Waals surface area (Å²) in [6.45, 7) is 10.2. The Morgan fingerprint density at radius 2 is 1.83 bits per heavy atom. The first kappa shape index (κ1) is 20.3. The van der Waals surface area contributed by atoms with Crippen LogP contribution < -0.4 is 10.6 Å². The van der Waals surface area contributed by atoms with Crippen LogP contribution in [-0.4, -0.2) is 61.5 Å². The summed E-state index contributed by atoms with van der Waals surface area (Å²) < 4.78 is 5.38. The Morgan fingerprint density at radius 3 is 2.42 bits per heavy atom. The number of nitrogens with one attached hydrogen (secondary N) is 2. The Balaban J connectivity index is 2.14. The van der Waals surface area contributed by atoms with Gasteiger partial charge >= 0.3 is 0 Å². The normalized spacial score (nSPS) is 14.8. The van der Waals surface area contributed by atoms with Crippen LogP contribution in [0.25, 0.3) is 0 Å². The Hall–Kier alpha value is -1.73. The highest BCUT2D eigenvalue weighted by Crippen LogP contribution is 2.20. The highest BCUT2D eigenvalue weighted by Gasteiger charge is 2.32. The molecule has 3 amide bonds. The van der Waals surface area contributed by atoms with E-state index in [9.17, 15) is 14.4 Å². The van der Waals surface area contributed by atoms with Crippen LogP contribution in [0.15, 0.2) is 11.6 Å². The fourth-order valence-electron chi connectivity index (χ4n) is 2.24. The van der Waals surface area contributed by atoms with Gasteiger partial charge in [-0.15, -0.1) is 0 Å². The number of nitrogens with zero attached hydrogens (tertiary/aromatic N) is 1. The van der Waals surface area contributed by atoms with Gasteiger partial charge in [-0.2, -0.15) is 0 Å². The third kappa shape index (κ3) is 6.80. The summed E-state index contributed by atoms with van der Waals surface area (Å²) in [4.78, 5) is 36.7. The van der Waals surface area contributed by atoms with Crippen molar-refractivity contribution in [2.45, 2.75) is 40.2 Å². The number of rotatable bonds is 11. The van der Waals surface area contributed by atoms with Gasteiger partial charge < -0.3 is 15.4 Å². The lowest BCUT2D eigenvalue weighted by Crippen LogP contribution is -2.36. The maximum atomic E-state index is 12.1. The van der Waals surface area contributed by atoms with E-state index in [1.54, 1.807) is 0 Å². The zero-order valence-electron chi connectivity index (χ0n) is 15.1. The lowest BCUT2D eigenvalue weighted by molar-refractivity contribution is -0.137. The van der Waals surface area contributed by atoms with Gasteiger partial charge in [0.15, 0.2) is 0 Å². The van der Waals surface area contributed by atoms with Gasteiger partial charge in [-0.25, -0.2) is 0 Å². The molecule has 0 aliphatic carbocycles. The van der Waals surface area contributed by atoms with Crippen molar-refractivity contribution in [3.05, 3.63) is 11.6 Å². The van der Waals surface area contributed by atoms with Crippen LogP contribution in [0.1, 0.15) is 34.1 Å². The van der Waals surface area contributed by atoms with Crippen molar-refractivity contribution < 1.29 is 19.1 Å². The van der Waals surface area contributed by atoms with Crippen molar-refractivity contribution in [1.29, 1.82) is 0 Å². The van der Waals surface area contributed by atoms with Gasteiger partial charge in [0.25, 0.3) is 11.8 Å². The molecular formula is C17H29N3O4. The molecule has 0 spiro atoms. The monoisotopic (exact) mass is 339 g/mol. The molecule has 1 rings (SSSR count). The Labute approximate surface area is 143 Å². The molecule has 0 aromatic rings. The maximum Gasteiger partial charge on any atom is 0.257 e. The van der Waals surface area contributed by atoms with Gasteiger partial charge in [0.1, 0.15) is 0 Å². The first-order valence-corrected chi connectivity index (χ1v) is 8.48. The molecule has 0 aromatic heterocycles. The highest BCUT2D eigenvalue weighted by atomic mass is 16.5. The second-order valence-corrected chi connectivity index (χ2v) is 6.37. The molecule has 136 valence electrons. The molecule has 7 nitrogen and oxygen atoms in total. The van der Waals surface area contributed by atoms with Crippen LogP contribution in [0, 0.1) is 5.92 Å². The number of imide groups is 1. The topological polar surface area (TPSA) is 87.7 Å². The standard InChI is InChI=1S/C17H29N3O4/c1-12(2)14-11-16(22)20(17(14)23)8-5-15(21)19-7-10-24-9-6-18-13(3)4/h11-13,18H,5-10H2,1-4H3,(H,19,21). The third-order valence-electron chi connectivity index (χ3n) is 3.59. The SMILES string of the molecule is CC(C)NCCOCCNC(=O)CCN1C(=O)C=C(C(C)C)C1=O. The second-order valence-electron chi connectivity index (χ2n) is 6.37. The van der Waals surface area contributed by atoms with Gasteiger partial charge in [-0.3, -0.25) is 19.3 Å². The van der Waals surface area contributed by atoms with Crippen LogP contribution >= 0.6 is 0 Å². The zero-order valence-corrected chi connectivity index (χ0v) is 15.1. The summed E-state index contributed by atoms with van der Waals surface area (Å²) in [6.07, 6.45) is 1.47. The number of ether oxygens (including phenoxy) is 1. The molecule has 0 unspecified atom stereocenters. The van der Waals surface area contributed by atoms with Crippen molar-refractivity contribution in [1.82, 2.24) is 15.5 Å². The first-order valence-electron chi connectivity index (χ1n) is 8.48. The lowest BCUT2D eigenvalue weighted by Gasteiger charge is -2.15. The summed E-state index contributed by atoms with van der Waals surface area (Å²) in [5.41, 5.74) is 0.504. The van der Waals surface area contributed by atoms with Crippen LogP contribution in [0.5, 0.6) is 0 Å². The third-order valence-corrected chi connectivity index (χ3v) is 3.59. The maximum absolute atomic E-state index is 12.1. The smallest absolute Gasteiger partial charge is 0.257 e. The summed E-state index contributed by atoms with van der Waals surface area (Å²) >= 11 is 0. The van der Waals surface area contributed by atoms with Crippen molar-refractivity contribution in [3.63, 3.8) is 0 Å². The minimum absolute atomic E-state index is 0.00242. The molecule has 7 heteroatoms. The van der Waals surface area contributed by atoms with Crippen molar-refractivity contribution in [2.75, 3.05) is 32.8 Å². The van der Waals surface area contributed by atoms with Crippen LogP contribution in [-0.2, 0) is 19.1 Å². The van der Waals surface area contributed by atoms with Crippen LogP contribution in [0.3, 0.4) is 0 Å². The van der Waals surface area contributed by atoms with E-state index in [1.165, 1.54) is 6.08 Å². The van der Waals surface area contributed by atoms with Crippen LogP contribution in [0.2, 0.25) is 0 Å². The average molecular weight is 339 g/mol. The number of hydrogen-bond donors (Lipinski definition) is 2. The molecule has 0 saturated carbocycles. The van der Waals surface area contributed by atoms with E-state index in [0.717, 1.165) is 11.4 Å². The lowest BCUT2D eigenvalue weighted by atomic mass is 10.0. The fourth-order valence-corrected chi connectivity index (χ4v) is 2.24. The predicted octanol–water partition coefficient (Wildman–Crippen LogP) is 0.459. The Bertz CT molecular complexity index is 486. The molecule has 0 atom stereocenters. The van der Waals surface area contributed by atoms with Gasteiger partial charge in [0.05, 0.1) is 13.2 Å². The van der Waals surface area contributed by atoms with E-state index in [1.807, 2.05) is 13.8 Å². The predicted molar refractivity (Wildman–Crippen MR) is 91.2 cm³/mol. The molecule has 2 N–H and O–H groups in total. The molecule has 0 aromatic carbocycles. The van der Waals surface area contributed by atoms with E-state index < -0.39 is 0 Å². The van der Waals surface area contributed by atoms with E-state index in [0.29, 0.717) is 31.4 Å². The first-order chi connectivity index (χ1) is 11.3. The molecule has 24 heavy (non-hydrogen) atoms. The molecule has 0 bridgehead atoms. The fraction of sp³-hybridized carbons (Fsp3) is 0.706. The molecule has 0 fully saturated rings. The molecule has 1 heterocycles. The molecule has 1 aliphatic heterocycles.